The minimum Gasteiger partial charge on any atom is -0.390 e. The first-order valence-electron chi connectivity index (χ1n) is 6.56. The molecule has 0 aromatic rings. The van der Waals surface area contributed by atoms with Crippen molar-refractivity contribution < 1.29 is 14.7 Å². The summed E-state index contributed by atoms with van der Waals surface area (Å²) in [6.07, 6.45) is -0.0652. The van der Waals surface area contributed by atoms with Crippen LogP contribution in [0.5, 0.6) is 0 Å². The Kier molecular flexibility index (Phi) is 5.71. The van der Waals surface area contributed by atoms with Crippen LogP contribution in [0.2, 0.25) is 0 Å². The maximum atomic E-state index is 12.4. The van der Waals surface area contributed by atoms with E-state index in [1.165, 1.54) is 4.90 Å². The van der Waals surface area contributed by atoms with Crippen LogP contribution in [0.15, 0.2) is 0 Å². The molecule has 3 atom stereocenters. The van der Waals surface area contributed by atoms with Crippen molar-refractivity contribution in [1.29, 1.82) is 0 Å². The number of amides is 2. The van der Waals surface area contributed by atoms with E-state index in [0.29, 0.717) is 19.5 Å². The number of aliphatic hydroxyl groups is 1. The third-order valence-electron chi connectivity index (χ3n) is 3.53. The van der Waals surface area contributed by atoms with Gasteiger partial charge in [-0.05, 0) is 12.3 Å². The minimum atomic E-state index is -0.846. The number of rotatable bonds is 4. The molecule has 1 fully saturated rings. The van der Waals surface area contributed by atoms with Crippen LogP contribution in [-0.4, -0.2) is 54.1 Å². The monoisotopic (exact) mass is 272 g/mol. The van der Waals surface area contributed by atoms with E-state index in [4.69, 9.17) is 5.73 Å². The van der Waals surface area contributed by atoms with Gasteiger partial charge in [-0.2, -0.15) is 0 Å². The average Bonchev–Trinajstić information content (AvgIpc) is 2.51. The van der Waals surface area contributed by atoms with Crippen molar-refractivity contribution in [3.63, 3.8) is 0 Å². The van der Waals surface area contributed by atoms with Gasteiger partial charge in [0.15, 0.2) is 0 Å². The lowest BCUT2D eigenvalue weighted by Crippen LogP contribution is -2.51. The maximum absolute atomic E-state index is 12.4. The predicted octanol–water partition coefficient (Wildman–Crippen LogP) is -1.57. The number of nitrogens with two attached hydrogens (primary N) is 1. The fourth-order valence-corrected chi connectivity index (χ4v) is 2.38. The number of hydrogen-bond donors (Lipinski definition) is 4. The molecule has 5 N–H and O–H groups in total. The van der Waals surface area contributed by atoms with E-state index in [2.05, 4.69) is 10.9 Å². The van der Waals surface area contributed by atoms with Gasteiger partial charge in [0.2, 0.25) is 11.8 Å². The number of hydrogen-bond acceptors (Lipinski definition) is 5. The first-order valence-corrected chi connectivity index (χ1v) is 6.56. The highest BCUT2D eigenvalue weighted by atomic mass is 16.3. The molecule has 0 spiro atoms. The zero-order chi connectivity index (χ0) is 14.6. The summed E-state index contributed by atoms with van der Waals surface area (Å²) >= 11 is 0. The molecular weight excluding hydrogens is 248 g/mol. The Morgan fingerprint density at radius 2 is 2.00 bits per heavy atom. The topological polar surface area (TPSA) is 108 Å². The van der Waals surface area contributed by atoms with Crippen LogP contribution in [0, 0.1) is 11.8 Å². The van der Waals surface area contributed by atoms with Crippen molar-refractivity contribution in [2.45, 2.75) is 32.4 Å². The summed E-state index contributed by atoms with van der Waals surface area (Å²) in [6, 6.07) is -0.324. The van der Waals surface area contributed by atoms with Gasteiger partial charge < -0.3 is 15.7 Å². The largest absolute Gasteiger partial charge is 0.390 e. The molecule has 1 aliphatic heterocycles. The molecule has 0 aromatic carbocycles. The third-order valence-corrected chi connectivity index (χ3v) is 3.53. The number of likely N-dealkylation sites (N-methyl/N-ethyl adjacent to an activating group) is 1. The van der Waals surface area contributed by atoms with Gasteiger partial charge in [0.25, 0.3) is 0 Å². The fraction of sp³-hybridized carbons (Fsp3) is 0.833. The van der Waals surface area contributed by atoms with Crippen LogP contribution in [-0.2, 0) is 9.59 Å². The zero-order valence-corrected chi connectivity index (χ0v) is 11.7. The van der Waals surface area contributed by atoms with E-state index in [-0.39, 0.29) is 17.9 Å². The highest BCUT2D eigenvalue weighted by Crippen LogP contribution is 2.17. The smallest absolute Gasteiger partial charge is 0.235 e. The lowest BCUT2D eigenvalue weighted by atomic mass is 9.92. The van der Waals surface area contributed by atoms with E-state index in [0.717, 1.165) is 0 Å². The summed E-state index contributed by atoms with van der Waals surface area (Å²) in [6.45, 7) is 4.56. The van der Waals surface area contributed by atoms with Crippen LogP contribution in [0.25, 0.3) is 0 Å². The minimum absolute atomic E-state index is 0.161. The number of β-amino-alcohol motifs (C(OH)–C–C–N with tert-alkyl or cyclic N) is 1. The Morgan fingerprint density at radius 1 is 1.37 bits per heavy atom. The average molecular weight is 272 g/mol. The Hall–Kier alpha value is -1.18. The summed E-state index contributed by atoms with van der Waals surface area (Å²) in [5.74, 6) is -1.95. The fourth-order valence-electron chi connectivity index (χ4n) is 2.38. The van der Waals surface area contributed by atoms with E-state index in [9.17, 15) is 14.7 Å². The van der Waals surface area contributed by atoms with Gasteiger partial charge in [-0.15, -0.1) is 0 Å². The first kappa shape index (κ1) is 15.9. The van der Waals surface area contributed by atoms with Crippen molar-refractivity contribution in [3.8, 4) is 0 Å². The number of nitrogens with zero attached hydrogens (tertiary/aromatic N) is 1. The Bertz CT molecular complexity index is 335. The summed E-state index contributed by atoms with van der Waals surface area (Å²) in [7, 11) is 1.61. The first-order chi connectivity index (χ1) is 8.86. The van der Waals surface area contributed by atoms with Crippen molar-refractivity contribution in [3.05, 3.63) is 0 Å². The molecule has 1 rings (SSSR count). The van der Waals surface area contributed by atoms with Gasteiger partial charge in [-0.1, -0.05) is 13.8 Å². The van der Waals surface area contributed by atoms with Gasteiger partial charge in [-0.3, -0.25) is 20.4 Å². The lowest BCUT2D eigenvalue weighted by Gasteiger charge is -2.33. The van der Waals surface area contributed by atoms with Crippen LogP contribution in [0.4, 0.5) is 0 Å². The highest BCUT2D eigenvalue weighted by Gasteiger charge is 2.35. The van der Waals surface area contributed by atoms with E-state index >= 15 is 0 Å². The van der Waals surface area contributed by atoms with E-state index in [1.807, 2.05) is 0 Å². The third kappa shape index (κ3) is 3.89. The number of nitrogens with one attached hydrogen (secondary N) is 2. The van der Waals surface area contributed by atoms with Crippen LogP contribution in [0.1, 0.15) is 20.3 Å². The van der Waals surface area contributed by atoms with Gasteiger partial charge >= 0.3 is 0 Å². The molecule has 0 aromatic heterocycles. The number of hydrazine groups is 1. The molecule has 0 bridgehead atoms. The second-order valence-corrected chi connectivity index (χ2v) is 5.30. The molecule has 3 unspecified atom stereocenters. The molecule has 1 heterocycles. The van der Waals surface area contributed by atoms with Crippen LogP contribution in [0.3, 0.4) is 0 Å². The van der Waals surface area contributed by atoms with Crippen LogP contribution >= 0.6 is 0 Å². The Balaban J connectivity index is 2.81. The summed E-state index contributed by atoms with van der Waals surface area (Å²) in [5, 5.41) is 10.0. The molecule has 7 heteroatoms. The lowest BCUT2D eigenvalue weighted by molar-refractivity contribution is -0.145. The van der Waals surface area contributed by atoms with Crippen molar-refractivity contribution in [1.82, 2.24) is 15.8 Å². The maximum Gasteiger partial charge on any atom is 0.235 e. The second kappa shape index (κ2) is 6.83. The number of carbonyl (C=O) groups excluding carboxylic acids is 2. The highest BCUT2D eigenvalue weighted by molar-refractivity contribution is 5.99. The Morgan fingerprint density at radius 3 is 2.53 bits per heavy atom. The molecule has 0 radical (unpaired) electrons. The van der Waals surface area contributed by atoms with Gasteiger partial charge in [0.05, 0.1) is 12.1 Å². The van der Waals surface area contributed by atoms with Crippen molar-refractivity contribution >= 4 is 11.8 Å². The normalized spacial score (nSPS) is 25.7. The SMILES string of the molecule is CC(C)C(C(N)=O)C(=O)N(C)C1CCNNCC1O. The molecule has 1 saturated heterocycles. The molecule has 0 aliphatic carbocycles. The molecule has 0 saturated carbocycles. The van der Waals surface area contributed by atoms with Gasteiger partial charge in [0.1, 0.15) is 5.92 Å². The predicted molar refractivity (Wildman–Crippen MR) is 70.7 cm³/mol. The van der Waals surface area contributed by atoms with Gasteiger partial charge in [0, 0.05) is 20.1 Å². The molecule has 1 aliphatic rings. The molecule has 2 amide bonds. The summed E-state index contributed by atoms with van der Waals surface area (Å²) in [5.41, 5.74) is 11.1. The molecule has 110 valence electrons. The quantitative estimate of drug-likeness (QED) is 0.462. The van der Waals surface area contributed by atoms with E-state index in [1.54, 1.807) is 20.9 Å². The molecular formula is C12H24N4O3. The van der Waals surface area contributed by atoms with E-state index < -0.39 is 17.9 Å². The Labute approximate surface area is 113 Å². The van der Waals surface area contributed by atoms with Crippen LogP contribution < -0.4 is 16.6 Å². The number of primary amides is 1. The second-order valence-electron chi connectivity index (χ2n) is 5.30. The number of carbonyl (C=O) groups is 2. The van der Waals surface area contributed by atoms with Gasteiger partial charge in [-0.25, -0.2) is 0 Å². The van der Waals surface area contributed by atoms with Crippen molar-refractivity contribution in [2.75, 3.05) is 20.1 Å². The number of aliphatic hydroxyl groups excluding tert-OH is 1. The molecule has 7 nitrogen and oxygen atoms in total. The summed E-state index contributed by atoms with van der Waals surface area (Å²) in [4.78, 5) is 25.2. The molecule has 19 heavy (non-hydrogen) atoms. The summed E-state index contributed by atoms with van der Waals surface area (Å²) < 4.78 is 0. The zero-order valence-electron chi connectivity index (χ0n) is 11.7. The van der Waals surface area contributed by atoms with Crippen molar-refractivity contribution in [2.24, 2.45) is 17.6 Å². The standard InChI is InChI=1S/C12H24N4O3/c1-7(2)10(11(13)18)12(19)16(3)8-4-5-14-15-6-9(8)17/h7-10,14-15,17H,4-6H2,1-3H3,(H2,13,18).